The highest BCUT2D eigenvalue weighted by Gasteiger charge is 2.49. The highest BCUT2D eigenvalue weighted by molar-refractivity contribution is 5.83. The molecule has 40 heavy (non-hydrogen) atoms. The van der Waals surface area contributed by atoms with Crippen molar-refractivity contribution in [3.05, 3.63) is 23.3 Å². The zero-order chi connectivity index (χ0) is 30.9. The highest BCUT2D eigenvalue weighted by Crippen LogP contribution is 2.47. The number of alkyl halides is 6. The summed E-state index contributed by atoms with van der Waals surface area (Å²) in [6.07, 6.45) is -4.61. The lowest BCUT2D eigenvalue weighted by Crippen LogP contribution is -2.47. The summed E-state index contributed by atoms with van der Waals surface area (Å²) in [5.74, 6) is -2.91. The van der Waals surface area contributed by atoms with E-state index in [0.29, 0.717) is 38.5 Å². The SMILES string of the molecule is CC.CCOC(=O)C1CCCN(C2CCC(C(=O)NCC(=C/C(C)C(F)(F)F)/C=C(\C)C(F)(F)F)(C(C)C)C2)C1. The molecule has 1 saturated carbocycles. The van der Waals surface area contributed by atoms with Crippen LogP contribution in [0.2, 0.25) is 0 Å². The number of hydrogen-bond acceptors (Lipinski definition) is 4. The summed E-state index contributed by atoms with van der Waals surface area (Å²) in [5.41, 5.74) is -2.11. The van der Waals surface area contributed by atoms with Crippen LogP contribution in [0.15, 0.2) is 23.3 Å². The number of carbonyl (C=O) groups is 2. The molecule has 0 bridgehead atoms. The molecule has 232 valence electrons. The van der Waals surface area contributed by atoms with Gasteiger partial charge in [-0.15, -0.1) is 0 Å². The van der Waals surface area contributed by atoms with Gasteiger partial charge >= 0.3 is 18.3 Å². The van der Waals surface area contributed by atoms with Gasteiger partial charge in [0.2, 0.25) is 5.91 Å². The smallest absolute Gasteiger partial charge is 0.412 e. The van der Waals surface area contributed by atoms with Crippen molar-refractivity contribution in [1.29, 1.82) is 0 Å². The van der Waals surface area contributed by atoms with Crippen LogP contribution in [-0.4, -0.2) is 61.4 Å². The van der Waals surface area contributed by atoms with Crippen LogP contribution in [-0.2, 0) is 14.3 Å². The molecule has 11 heteroatoms. The average molecular weight is 585 g/mol. The van der Waals surface area contributed by atoms with Gasteiger partial charge in [0.1, 0.15) is 0 Å². The molecular weight excluding hydrogens is 538 g/mol. The van der Waals surface area contributed by atoms with Crippen LogP contribution in [0.4, 0.5) is 26.3 Å². The fraction of sp³-hybridized carbons (Fsp3) is 0.793. The molecule has 1 amide bonds. The fourth-order valence-corrected chi connectivity index (χ4v) is 5.44. The Morgan fingerprint density at radius 1 is 1.10 bits per heavy atom. The molecule has 4 unspecified atom stereocenters. The number of hydrogen-bond donors (Lipinski definition) is 1. The van der Waals surface area contributed by atoms with Crippen molar-refractivity contribution in [1.82, 2.24) is 10.2 Å². The van der Waals surface area contributed by atoms with Crippen molar-refractivity contribution in [2.24, 2.45) is 23.2 Å². The van der Waals surface area contributed by atoms with Crippen molar-refractivity contribution in [2.75, 3.05) is 26.2 Å². The molecule has 1 N–H and O–H groups in total. The van der Waals surface area contributed by atoms with Gasteiger partial charge in [-0.2, -0.15) is 26.3 Å². The Balaban J connectivity index is 0.00000391. The summed E-state index contributed by atoms with van der Waals surface area (Å²) in [7, 11) is 0. The first-order valence-corrected chi connectivity index (χ1v) is 14.2. The minimum absolute atomic E-state index is 0.0491. The van der Waals surface area contributed by atoms with Crippen LogP contribution in [0.1, 0.15) is 80.6 Å². The Bertz CT molecular complexity index is 897. The van der Waals surface area contributed by atoms with Crippen molar-refractivity contribution in [3.8, 4) is 0 Å². The first-order chi connectivity index (χ1) is 18.5. The number of rotatable bonds is 9. The van der Waals surface area contributed by atoms with Gasteiger partial charge in [0.05, 0.1) is 23.9 Å². The van der Waals surface area contributed by atoms with E-state index in [1.54, 1.807) is 6.92 Å². The third-order valence-electron chi connectivity index (χ3n) is 7.95. The first-order valence-electron chi connectivity index (χ1n) is 14.2. The van der Waals surface area contributed by atoms with Gasteiger partial charge in [-0.05, 0) is 70.1 Å². The Morgan fingerprint density at radius 2 is 1.73 bits per heavy atom. The number of amides is 1. The molecular formula is C29H46F6N2O3. The van der Waals surface area contributed by atoms with Gasteiger partial charge < -0.3 is 10.1 Å². The zero-order valence-electron chi connectivity index (χ0n) is 24.8. The zero-order valence-corrected chi connectivity index (χ0v) is 24.8. The molecule has 1 aliphatic heterocycles. The molecule has 2 fully saturated rings. The highest BCUT2D eigenvalue weighted by atomic mass is 19.4. The molecule has 0 aromatic rings. The minimum Gasteiger partial charge on any atom is -0.466 e. The van der Waals surface area contributed by atoms with E-state index in [9.17, 15) is 35.9 Å². The van der Waals surface area contributed by atoms with Gasteiger partial charge in [-0.25, -0.2) is 0 Å². The fourth-order valence-electron chi connectivity index (χ4n) is 5.44. The van der Waals surface area contributed by atoms with Crippen molar-refractivity contribution >= 4 is 11.9 Å². The van der Waals surface area contributed by atoms with E-state index in [1.165, 1.54) is 0 Å². The van der Waals surface area contributed by atoms with Crippen molar-refractivity contribution in [3.63, 3.8) is 0 Å². The number of nitrogens with one attached hydrogen (secondary N) is 1. The van der Waals surface area contributed by atoms with Crippen LogP contribution in [0, 0.1) is 23.2 Å². The first kappa shape index (κ1) is 36.0. The van der Waals surface area contributed by atoms with E-state index >= 15 is 0 Å². The van der Waals surface area contributed by atoms with E-state index in [0.717, 1.165) is 39.3 Å². The van der Waals surface area contributed by atoms with Crippen molar-refractivity contribution in [2.45, 2.75) is 99.0 Å². The van der Waals surface area contributed by atoms with Crippen LogP contribution < -0.4 is 5.32 Å². The normalized spacial score (nSPS) is 25.8. The third kappa shape index (κ3) is 9.80. The number of piperidine rings is 1. The number of carbonyl (C=O) groups excluding carboxylic acids is 2. The molecule has 1 aliphatic carbocycles. The number of halogens is 6. The minimum atomic E-state index is -4.70. The van der Waals surface area contributed by atoms with Gasteiger partial charge in [-0.3, -0.25) is 14.5 Å². The molecule has 2 aliphatic rings. The summed E-state index contributed by atoms with van der Waals surface area (Å²) < 4.78 is 83.8. The molecule has 1 saturated heterocycles. The maximum Gasteiger partial charge on any atom is 0.412 e. The average Bonchev–Trinajstić information content (AvgIpc) is 3.34. The van der Waals surface area contributed by atoms with E-state index < -0.39 is 35.8 Å². The standard InChI is InChI=1S/C27H40F6N2O3.C2H6/c1-6-38-23(36)21-8-7-11-35(16-21)22-9-10-25(14-22,17(2)3)24(37)34-15-20(12-18(4)26(28,29)30)13-19(5)27(31,32)33;1-2/h12-13,17-18,21-22H,6-11,14-16H2,1-5H3,(H,34,37);1-2H3/b19-13+,20-12+;. The molecule has 0 spiro atoms. The summed E-state index contributed by atoms with van der Waals surface area (Å²) >= 11 is 0. The Hall–Kier alpha value is -2.04. The number of allylic oxidation sites excluding steroid dienone is 2. The maximum absolute atomic E-state index is 13.5. The second kappa shape index (κ2) is 15.3. The molecule has 0 aromatic carbocycles. The summed E-state index contributed by atoms with van der Waals surface area (Å²) in [6, 6.07) is 0.0491. The predicted octanol–water partition coefficient (Wildman–Crippen LogP) is 7.23. The second-order valence-electron chi connectivity index (χ2n) is 10.9. The molecule has 0 aromatic heterocycles. The van der Waals surface area contributed by atoms with Gasteiger partial charge in [-0.1, -0.05) is 40.7 Å². The van der Waals surface area contributed by atoms with E-state index in [4.69, 9.17) is 4.74 Å². The Kier molecular flexibility index (Phi) is 13.7. The predicted molar refractivity (Wildman–Crippen MR) is 143 cm³/mol. The lowest BCUT2D eigenvalue weighted by molar-refractivity contribution is -0.156. The molecule has 0 radical (unpaired) electrons. The largest absolute Gasteiger partial charge is 0.466 e. The summed E-state index contributed by atoms with van der Waals surface area (Å²) in [5, 5.41) is 2.65. The van der Waals surface area contributed by atoms with E-state index in [-0.39, 0.29) is 35.3 Å². The van der Waals surface area contributed by atoms with Crippen LogP contribution in [0.3, 0.4) is 0 Å². The third-order valence-corrected chi connectivity index (χ3v) is 7.95. The van der Waals surface area contributed by atoms with Crippen LogP contribution in [0.25, 0.3) is 0 Å². The Labute approximate surface area is 234 Å². The van der Waals surface area contributed by atoms with Crippen LogP contribution >= 0.6 is 0 Å². The molecule has 2 rings (SSSR count). The maximum atomic E-state index is 13.5. The van der Waals surface area contributed by atoms with Gasteiger partial charge in [0.15, 0.2) is 0 Å². The van der Waals surface area contributed by atoms with E-state index in [2.05, 4.69) is 10.2 Å². The lowest BCUT2D eigenvalue weighted by atomic mass is 9.74. The summed E-state index contributed by atoms with van der Waals surface area (Å²) in [4.78, 5) is 27.9. The molecule has 4 atom stereocenters. The second-order valence-corrected chi connectivity index (χ2v) is 10.9. The Morgan fingerprint density at radius 3 is 2.25 bits per heavy atom. The number of esters is 1. The molecule has 1 heterocycles. The topological polar surface area (TPSA) is 58.6 Å². The van der Waals surface area contributed by atoms with Crippen LogP contribution in [0.5, 0.6) is 0 Å². The summed E-state index contributed by atoms with van der Waals surface area (Å²) in [6.45, 7) is 12.4. The van der Waals surface area contributed by atoms with Crippen molar-refractivity contribution < 1.29 is 40.7 Å². The van der Waals surface area contributed by atoms with Gasteiger partial charge in [0, 0.05) is 24.7 Å². The van der Waals surface area contributed by atoms with Gasteiger partial charge in [0.25, 0.3) is 0 Å². The number of nitrogens with zero attached hydrogens (tertiary/aromatic N) is 1. The number of ether oxygens (including phenoxy) is 1. The molecule has 5 nitrogen and oxygen atoms in total. The lowest BCUT2D eigenvalue weighted by Gasteiger charge is -2.38. The monoisotopic (exact) mass is 584 g/mol. The quantitative estimate of drug-likeness (QED) is 0.177. The van der Waals surface area contributed by atoms with E-state index in [1.807, 2.05) is 27.7 Å². The number of likely N-dealkylation sites (tertiary alicyclic amines) is 1.